The van der Waals surface area contributed by atoms with Crippen molar-refractivity contribution in [3.05, 3.63) is 64.9 Å². The summed E-state index contributed by atoms with van der Waals surface area (Å²) < 4.78 is 2.08. The van der Waals surface area contributed by atoms with E-state index in [0.29, 0.717) is 10.7 Å². The van der Waals surface area contributed by atoms with E-state index in [2.05, 4.69) is 25.1 Å². The lowest BCUT2D eigenvalue weighted by Gasteiger charge is -2.07. The predicted octanol–water partition coefficient (Wildman–Crippen LogP) is 4.56. The number of nitrogens with one attached hydrogen (secondary N) is 1. The molecule has 2 aromatic carbocycles. The third-order valence-electron chi connectivity index (χ3n) is 4.25. The molecule has 6 nitrogen and oxygen atoms in total. The van der Waals surface area contributed by atoms with Gasteiger partial charge in [-0.05, 0) is 37.3 Å². The van der Waals surface area contributed by atoms with Crippen LogP contribution in [0.3, 0.4) is 0 Å². The summed E-state index contributed by atoms with van der Waals surface area (Å²) in [7, 11) is 0. The lowest BCUT2D eigenvalue weighted by Crippen LogP contribution is -2.11. The topological polar surface area (TPSA) is 72.7 Å². The first-order valence-electron chi connectivity index (χ1n) is 8.72. The van der Waals surface area contributed by atoms with Gasteiger partial charge in [0.2, 0.25) is 5.13 Å². The Balaban J connectivity index is 1.64. The maximum Gasteiger partial charge on any atom is 0.257 e. The largest absolute Gasteiger partial charge is 0.297 e. The maximum atomic E-state index is 12.6. The second-order valence-corrected chi connectivity index (χ2v) is 7.60. The first-order valence-corrected chi connectivity index (χ1v) is 9.54. The van der Waals surface area contributed by atoms with E-state index in [-0.39, 0.29) is 11.8 Å². The van der Waals surface area contributed by atoms with Crippen LogP contribution in [0, 0.1) is 6.92 Å². The van der Waals surface area contributed by atoms with Crippen molar-refractivity contribution in [1.29, 1.82) is 0 Å². The molecule has 0 aliphatic carbocycles. The zero-order valence-electron chi connectivity index (χ0n) is 15.3. The van der Waals surface area contributed by atoms with Gasteiger partial charge in [0.25, 0.3) is 5.91 Å². The summed E-state index contributed by atoms with van der Waals surface area (Å²) in [6.07, 6.45) is 0. The van der Waals surface area contributed by atoms with Crippen molar-refractivity contribution in [2.75, 3.05) is 5.32 Å². The summed E-state index contributed by atoms with van der Waals surface area (Å²) in [6, 6.07) is 15.6. The summed E-state index contributed by atoms with van der Waals surface area (Å²) in [5.41, 5.74) is 3.34. The monoisotopic (exact) mass is 377 g/mol. The number of para-hydroxylation sites is 1. The van der Waals surface area contributed by atoms with Crippen molar-refractivity contribution < 1.29 is 4.79 Å². The highest BCUT2D eigenvalue weighted by Gasteiger charge is 2.15. The van der Waals surface area contributed by atoms with Crippen LogP contribution in [0.1, 0.15) is 41.0 Å². The third kappa shape index (κ3) is 3.33. The first-order chi connectivity index (χ1) is 13.0. The lowest BCUT2D eigenvalue weighted by molar-refractivity contribution is 0.102. The number of imidazole rings is 1. The Kier molecular flexibility index (Phi) is 4.45. The van der Waals surface area contributed by atoms with E-state index in [0.717, 1.165) is 27.6 Å². The number of benzene rings is 2. The number of rotatable bonds is 4. The molecule has 0 radical (unpaired) electrons. The van der Waals surface area contributed by atoms with Crippen LogP contribution in [-0.2, 0) is 0 Å². The van der Waals surface area contributed by atoms with Crippen molar-refractivity contribution in [2.24, 2.45) is 0 Å². The summed E-state index contributed by atoms with van der Waals surface area (Å²) in [5.74, 6) is 0.948. The number of fused-ring (bicyclic) bond motifs is 1. The van der Waals surface area contributed by atoms with Crippen molar-refractivity contribution in [1.82, 2.24) is 19.7 Å². The minimum absolute atomic E-state index is 0.213. The second-order valence-electron chi connectivity index (χ2n) is 6.59. The van der Waals surface area contributed by atoms with Crippen LogP contribution >= 0.6 is 11.3 Å². The molecule has 4 aromatic rings. The van der Waals surface area contributed by atoms with Crippen LogP contribution in [0.2, 0.25) is 0 Å². The van der Waals surface area contributed by atoms with Crippen molar-refractivity contribution in [2.45, 2.75) is 26.7 Å². The molecule has 0 spiro atoms. The Hall–Kier alpha value is -3.06. The number of carbonyl (C=O) groups is 1. The minimum atomic E-state index is -0.213. The SMILES string of the molecule is Cc1nc2cc(C(=O)Nc3nnc(C(C)C)s3)ccc2n1-c1ccccc1. The lowest BCUT2D eigenvalue weighted by atomic mass is 10.2. The first kappa shape index (κ1) is 17.4. The van der Waals surface area contributed by atoms with E-state index in [1.807, 2.05) is 69.3 Å². The van der Waals surface area contributed by atoms with Gasteiger partial charge in [0, 0.05) is 17.2 Å². The van der Waals surface area contributed by atoms with E-state index >= 15 is 0 Å². The highest BCUT2D eigenvalue weighted by molar-refractivity contribution is 7.15. The third-order valence-corrected chi connectivity index (χ3v) is 5.39. The van der Waals surface area contributed by atoms with Gasteiger partial charge >= 0.3 is 0 Å². The number of aryl methyl sites for hydroxylation is 1. The van der Waals surface area contributed by atoms with Crippen molar-refractivity contribution in [3.8, 4) is 5.69 Å². The number of hydrogen-bond donors (Lipinski definition) is 1. The molecule has 0 aliphatic rings. The van der Waals surface area contributed by atoms with Gasteiger partial charge in [-0.3, -0.25) is 14.7 Å². The molecule has 0 bridgehead atoms. The van der Waals surface area contributed by atoms with E-state index in [9.17, 15) is 4.79 Å². The van der Waals surface area contributed by atoms with Crippen LogP contribution in [-0.4, -0.2) is 25.7 Å². The molecule has 1 amide bonds. The quantitative estimate of drug-likeness (QED) is 0.566. The zero-order chi connectivity index (χ0) is 19.0. The van der Waals surface area contributed by atoms with E-state index in [1.54, 1.807) is 0 Å². The summed E-state index contributed by atoms with van der Waals surface area (Å²) in [6.45, 7) is 6.05. The molecule has 0 saturated heterocycles. The van der Waals surface area contributed by atoms with Crippen LogP contribution in [0.15, 0.2) is 48.5 Å². The maximum absolute atomic E-state index is 12.6. The number of hydrogen-bond acceptors (Lipinski definition) is 5. The Morgan fingerprint density at radius 3 is 2.59 bits per heavy atom. The van der Waals surface area contributed by atoms with E-state index < -0.39 is 0 Å². The molecular weight excluding hydrogens is 358 g/mol. The molecule has 136 valence electrons. The molecule has 2 heterocycles. The van der Waals surface area contributed by atoms with Gasteiger partial charge in [-0.15, -0.1) is 10.2 Å². The average molecular weight is 377 g/mol. The summed E-state index contributed by atoms with van der Waals surface area (Å²) in [4.78, 5) is 17.2. The van der Waals surface area contributed by atoms with Gasteiger partial charge in [0.15, 0.2) is 0 Å². The molecule has 4 rings (SSSR count). The molecule has 0 aliphatic heterocycles. The molecule has 0 unspecified atom stereocenters. The Morgan fingerprint density at radius 1 is 1.11 bits per heavy atom. The Bertz CT molecular complexity index is 1110. The van der Waals surface area contributed by atoms with Gasteiger partial charge in [-0.1, -0.05) is 43.4 Å². The van der Waals surface area contributed by atoms with Crippen molar-refractivity contribution >= 4 is 33.4 Å². The fraction of sp³-hybridized carbons (Fsp3) is 0.200. The van der Waals surface area contributed by atoms with E-state index in [1.165, 1.54) is 11.3 Å². The number of carbonyl (C=O) groups excluding carboxylic acids is 1. The molecule has 2 aromatic heterocycles. The minimum Gasteiger partial charge on any atom is -0.297 e. The van der Waals surface area contributed by atoms with Gasteiger partial charge in [0.1, 0.15) is 10.8 Å². The number of nitrogens with zero attached hydrogens (tertiary/aromatic N) is 4. The molecular formula is C20H19N5OS. The average Bonchev–Trinajstić information content (AvgIpc) is 3.25. The molecule has 0 atom stereocenters. The normalized spacial score (nSPS) is 11.3. The highest BCUT2D eigenvalue weighted by atomic mass is 32.1. The molecule has 1 N–H and O–H groups in total. The Labute approximate surface area is 160 Å². The predicted molar refractivity (Wildman–Crippen MR) is 108 cm³/mol. The fourth-order valence-electron chi connectivity index (χ4n) is 2.93. The molecule has 0 saturated carbocycles. The van der Waals surface area contributed by atoms with Gasteiger partial charge in [-0.25, -0.2) is 4.98 Å². The zero-order valence-corrected chi connectivity index (χ0v) is 16.1. The molecule has 27 heavy (non-hydrogen) atoms. The summed E-state index contributed by atoms with van der Waals surface area (Å²) in [5, 5.41) is 12.4. The number of amides is 1. The van der Waals surface area contributed by atoms with Crippen LogP contribution in [0.4, 0.5) is 5.13 Å². The molecule has 0 fully saturated rings. The Morgan fingerprint density at radius 2 is 1.89 bits per heavy atom. The van der Waals surface area contributed by atoms with Crippen molar-refractivity contribution in [3.63, 3.8) is 0 Å². The fourth-order valence-corrected chi connectivity index (χ4v) is 3.67. The van der Waals surface area contributed by atoms with Crippen LogP contribution < -0.4 is 5.32 Å². The van der Waals surface area contributed by atoms with Gasteiger partial charge < -0.3 is 0 Å². The van der Waals surface area contributed by atoms with E-state index in [4.69, 9.17) is 0 Å². The highest BCUT2D eigenvalue weighted by Crippen LogP contribution is 2.25. The van der Waals surface area contributed by atoms with Crippen LogP contribution in [0.25, 0.3) is 16.7 Å². The van der Waals surface area contributed by atoms with Crippen LogP contribution in [0.5, 0.6) is 0 Å². The standard InChI is InChI=1S/C20H19N5OS/c1-12(2)19-23-24-20(27-19)22-18(26)14-9-10-17-16(11-14)21-13(3)25(17)15-7-5-4-6-8-15/h4-12H,1-3H3,(H,22,24,26). The molecule has 7 heteroatoms. The number of anilines is 1. The van der Waals surface area contributed by atoms with Gasteiger partial charge in [0.05, 0.1) is 11.0 Å². The number of aromatic nitrogens is 4. The smallest absolute Gasteiger partial charge is 0.257 e. The summed E-state index contributed by atoms with van der Waals surface area (Å²) >= 11 is 1.40. The van der Waals surface area contributed by atoms with Gasteiger partial charge in [-0.2, -0.15) is 0 Å². The second kappa shape index (κ2) is 6.92.